The van der Waals surface area contributed by atoms with Gasteiger partial charge in [0.1, 0.15) is 25.5 Å². The molecule has 0 aliphatic carbocycles. The third kappa shape index (κ3) is 2.57. The molecule has 0 aliphatic heterocycles. The highest BCUT2D eigenvalue weighted by Crippen LogP contribution is 1.94. The summed E-state index contributed by atoms with van der Waals surface area (Å²) in [6.07, 6.45) is 4.58. The van der Waals surface area contributed by atoms with Crippen LogP contribution < -0.4 is 4.57 Å². The van der Waals surface area contributed by atoms with Crippen LogP contribution in [0.5, 0.6) is 0 Å². The molecular formula is C10H16N3O+. The van der Waals surface area contributed by atoms with Crippen LogP contribution in [-0.2, 0) is 17.8 Å². The second kappa shape index (κ2) is 5.40. The van der Waals surface area contributed by atoms with E-state index in [2.05, 4.69) is 15.2 Å². The topological polar surface area (TPSA) is 41.8 Å². The van der Waals surface area contributed by atoms with E-state index >= 15 is 0 Å². The van der Waals surface area contributed by atoms with Gasteiger partial charge in [-0.3, -0.25) is 0 Å². The zero-order valence-corrected chi connectivity index (χ0v) is 8.73. The Balaban J connectivity index is 2.61. The standard InChI is InChI=1S/C10H16N3O/c1-10-12(5-3-4-11)6-7-13(10)8-9-14-2/h6-7H,3,5,8-9H2,1-2H3/q+1. The molecule has 0 atom stereocenters. The molecule has 4 heteroatoms. The first-order chi connectivity index (χ1) is 6.79. The van der Waals surface area contributed by atoms with Gasteiger partial charge in [-0.25, -0.2) is 9.13 Å². The fourth-order valence-corrected chi connectivity index (χ4v) is 1.37. The molecule has 1 heterocycles. The predicted octanol–water partition coefficient (Wildman–Crippen LogP) is 0.644. The van der Waals surface area contributed by atoms with Crippen LogP contribution in [0, 0.1) is 18.3 Å². The quantitative estimate of drug-likeness (QED) is 0.646. The van der Waals surface area contributed by atoms with Crippen LogP contribution in [0.15, 0.2) is 12.4 Å². The van der Waals surface area contributed by atoms with Crippen LogP contribution in [0.1, 0.15) is 12.2 Å². The van der Waals surface area contributed by atoms with Crippen molar-refractivity contribution in [3.63, 3.8) is 0 Å². The van der Waals surface area contributed by atoms with Gasteiger partial charge in [-0.1, -0.05) is 0 Å². The lowest BCUT2D eigenvalue weighted by Gasteiger charge is -1.98. The van der Waals surface area contributed by atoms with E-state index in [1.807, 2.05) is 19.3 Å². The van der Waals surface area contributed by atoms with Crippen LogP contribution in [-0.4, -0.2) is 18.3 Å². The van der Waals surface area contributed by atoms with Crippen molar-refractivity contribution in [2.24, 2.45) is 0 Å². The normalized spacial score (nSPS) is 10.1. The van der Waals surface area contributed by atoms with Gasteiger partial charge < -0.3 is 4.74 Å². The van der Waals surface area contributed by atoms with Crippen molar-refractivity contribution in [3.8, 4) is 6.07 Å². The van der Waals surface area contributed by atoms with Crippen LogP contribution in [0.4, 0.5) is 0 Å². The molecule has 14 heavy (non-hydrogen) atoms. The van der Waals surface area contributed by atoms with Crippen LogP contribution in [0.3, 0.4) is 0 Å². The number of nitriles is 1. The van der Waals surface area contributed by atoms with Gasteiger partial charge >= 0.3 is 0 Å². The maximum atomic E-state index is 8.48. The smallest absolute Gasteiger partial charge is 0.253 e. The zero-order chi connectivity index (χ0) is 10.4. The molecule has 0 saturated carbocycles. The Bertz CT molecular complexity index is 325. The second-order valence-electron chi connectivity index (χ2n) is 3.13. The average molecular weight is 194 g/mol. The van der Waals surface area contributed by atoms with Crippen molar-refractivity contribution >= 4 is 0 Å². The van der Waals surface area contributed by atoms with Gasteiger partial charge in [-0.05, 0) is 0 Å². The fourth-order valence-electron chi connectivity index (χ4n) is 1.37. The van der Waals surface area contributed by atoms with Crippen molar-refractivity contribution in [3.05, 3.63) is 18.2 Å². The molecule has 1 rings (SSSR count). The third-order valence-electron chi connectivity index (χ3n) is 2.26. The van der Waals surface area contributed by atoms with Gasteiger partial charge in [0.05, 0.1) is 19.1 Å². The van der Waals surface area contributed by atoms with Gasteiger partial charge in [0.2, 0.25) is 0 Å². The second-order valence-corrected chi connectivity index (χ2v) is 3.13. The number of imidazole rings is 1. The SMILES string of the molecule is COCCn1cc[n+](CCC#N)c1C. The van der Waals surface area contributed by atoms with Crippen LogP contribution >= 0.6 is 0 Å². The lowest BCUT2D eigenvalue weighted by Crippen LogP contribution is -2.35. The molecule has 0 fully saturated rings. The number of aryl methyl sites for hydroxylation is 1. The molecule has 0 amide bonds. The maximum Gasteiger partial charge on any atom is 0.253 e. The van der Waals surface area contributed by atoms with Crippen molar-refractivity contribution in [1.82, 2.24) is 4.57 Å². The molecular weight excluding hydrogens is 178 g/mol. The predicted molar refractivity (Wildman–Crippen MR) is 51.5 cm³/mol. The number of methoxy groups -OCH3 is 1. The summed E-state index contributed by atoms with van der Waals surface area (Å²) >= 11 is 0. The summed E-state index contributed by atoms with van der Waals surface area (Å²) in [6.45, 7) is 4.39. The van der Waals surface area contributed by atoms with E-state index < -0.39 is 0 Å². The van der Waals surface area contributed by atoms with E-state index in [0.29, 0.717) is 13.0 Å². The first-order valence-corrected chi connectivity index (χ1v) is 4.70. The number of rotatable bonds is 5. The van der Waals surface area contributed by atoms with Gasteiger partial charge in [0, 0.05) is 14.0 Å². The molecule has 0 unspecified atom stereocenters. The number of nitrogens with zero attached hydrogens (tertiary/aromatic N) is 3. The molecule has 0 radical (unpaired) electrons. The first-order valence-electron chi connectivity index (χ1n) is 4.70. The minimum absolute atomic E-state index is 0.555. The Kier molecular flexibility index (Phi) is 4.14. The number of ether oxygens (including phenoxy) is 1. The number of hydrogen-bond acceptors (Lipinski definition) is 2. The Labute approximate surface area is 84.3 Å². The Hall–Kier alpha value is -1.34. The summed E-state index contributed by atoms with van der Waals surface area (Å²) < 4.78 is 9.22. The largest absolute Gasteiger partial charge is 0.381 e. The molecule has 0 spiro atoms. The number of aromatic nitrogens is 2. The fraction of sp³-hybridized carbons (Fsp3) is 0.600. The van der Waals surface area contributed by atoms with Crippen molar-refractivity contribution in [2.45, 2.75) is 26.4 Å². The Morgan fingerprint density at radius 3 is 3.07 bits per heavy atom. The molecule has 4 nitrogen and oxygen atoms in total. The number of hydrogen-bond donors (Lipinski definition) is 0. The molecule has 0 aromatic carbocycles. The maximum absolute atomic E-state index is 8.48. The van der Waals surface area contributed by atoms with Gasteiger partial charge in [0.25, 0.3) is 5.82 Å². The molecule has 0 aliphatic rings. The Morgan fingerprint density at radius 1 is 1.64 bits per heavy atom. The summed E-state index contributed by atoms with van der Waals surface area (Å²) in [5.74, 6) is 1.16. The third-order valence-corrected chi connectivity index (χ3v) is 2.26. The van der Waals surface area contributed by atoms with Crippen molar-refractivity contribution < 1.29 is 9.30 Å². The van der Waals surface area contributed by atoms with E-state index in [9.17, 15) is 0 Å². The molecule has 0 bridgehead atoms. The van der Waals surface area contributed by atoms with Crippen LogP contribution in [0.25, 0.3) is 0 Å². The summed E-state index contributed by atoms with van der Waals surface area (Å²) in [7, 11) is 1.70. The van der Waals surface area contributed by atoms with Crippen LogP contribution in [0.2, 0.25) is 0 Å². The van der Waals surface area contributed by atoms with E-state index in [-0.39, 0.29) is 0 Å². The lowest BCUT2D eigenvalue weighted by molar-refractivity contribution is -0.701. The Morgan fingerprint density at radius 2 is 2.43 bits per heavy atom. The highest BCUT2D eigenvalue weighted by molar-refractivity contribution is 4.79. The highest BCUT2D eigenvalue weighted by atomic mass is 16.5. The van der Waals surface area contributed by atoms with Gasteiger partial charge in [-0.2, -0.15) is 5.26 Å². The average Bonchev–Trinajstić information content (AvgIpc) is 2.54. The van der Waals surface area contributed by atoms with E-state index in [1.54, 1.807) is 7.11 Å². The van der Waals surface area contributed by atoms with E-state index in [0.717, 1.165) is 18.9 Å². The minimum atomic E-state index is 0.555. The lowest BCUT2D eigenvalue weighted by atomic mass is 10.4. The van der Waals surface area contributed by atoms with E-state index in [4.69, 9.17) is 10.00 Å². The molecule has 1 aromatic heterocycles. The first kappa shape index (κ1) is 10.7. The van der Waals surface area contributed by atoms with Gasteiger partial charge in [0.15, 0.2) is 0 Å². The molecule has 0 saturated heterocycles. The van der Waals surface area contributed by atoms with Gasteiger partial charge in [-0.15, -0.1) is 0 Å². The minimum Gasteiger partial charge on any atom is -0.381 e. The highest BCUT2D eigenvalue weighted by Gasteiger charge is 2.10. The summed E-state index contributed by atoms with van der Waals surface area (Å²) in [5, 5.41) is 8.48. The summed E-state index contributed by atoms with van der Waals surface area (Å²) in [5.41, 5.74) is 0. The summed E-state index contributed by atoms with van der Waals surface area (Å²) in [4.78, 5) is 0. The molecule has 1 aromatic rings. The monoisotopic (exact) mass is 194 g/mol. The summed E-state index contributed by atoms with van der Waals surface area (Å²) in [6, 6.07) is 2.14. The molecule has 0 N–H and O–H groups in total. The zero-order valence-electron chi connectivity index (χ0n) is 8.73. The van der Waals surface area contributed by atoms with Crippen molar-refractivity contribution in [2.75, 3.05) is 13.7 Å². The van der Waals surface area contributed by atoms with E-state index in [1.165, 1.54) is 0 Å². The van der Waals surface area contributed by atoms with Crippen molar-refractivity contribution in [1.29, 1.82) is 5.26 Å². The molecule has 76 valence electrons.